The topological polar surface area (TPSA) is 45.7 Å². The SMILES string of the molecule is CCNC(=NCC1(c2ccc(Cl)cc2Cl)CCOCC1)NCC1CC1.I. The lowest BCUT2D eigenvalue weighted by Crippen LogP contribution is -2.42. The number of hydrogen-bond acceptors (Lipinski definition) is 2. The van der Waals surface area contributed by atoms with Crippen LogP contribution in [-0.4, -0.2) is 38.8 Å². The molecular weight excluding hydrogens is 484 g/mol. The molecule has 0 bridgehead atoms. The lowest BCUT2D eigenvalue weighted by atomic mass is 9.74. The second kappa shape index (κ2) is 10.3. The third kappa shape index (κ3) is 5.88. The van der Waals surface area contributed by atoms with Crippen molar-refractivity contribution in [1.29, 1.82) is 0 Å². The molecule has 3 rings (SSSR count). The predicted octanol–water partition coefficient (Wildman–Crippen LogP) is 4.62. The molecule has 1 saturated heterocycles. The molecule has 2 aliphatic rings. The van der Waals surface area contributed by atoms with Gasteiger partial charge in [-0.3, -0.25) is 4.99 Å². The molecule has 0 unspecified atom stereocenters. The monoisotopic (exact) mass is 511 g/mol. The summed E-state index contributed by atoms with van der Waals surface area (Å²) in [6.07, 6.45) is 4.49. The van der Waals surface area contributed by atoms with Gasteiger partial charge < -0.3 is 15.4 Å². The molecule has 0 spiro atoms. The van der Waals surface area contributed by atoms with Crippen LogP contribution in [0.4, 0.5) is 0 Å². The van der Waals surface area contributed by atoms with Crippen LogP contribution in [0.1, 0.15) is 38.2 Å². The minimum absolute atomic E-state index is 0. The number of halogens is 3. The molecule has 4 nitrogen and oxygen atoms in total. The minimum atomic E-state index is -0.0954. The van der Waals surface area contributed by atoms with Gasteiger partial charge >= 0.3 is 0 Å². The van der Waals surface area contributed by atoms with Crippen molar-refractivity contribution in [3.63, 3.8) is 0 Å². The molecule has 0 amide bonds. The van der Waals surface area contributed by atoms with Crippen LogP contribution >= 0.6 is 47.2 Å². The van der Waals surface area contributed by atoms with Gasteiger partial charge in [0.15, 0.2) is 5.96 Å². The third-order valence-corrected chi connectivity index (χ3v) is 5.64. The van der Waals surface area contributed by atoms with Crippen LogP contribution in [-0.2, 0) is 10.2 Å². The first kappa shape index (κ1) is 22.1. The van der Waals surface area contributed by atoms with Gasteiger partial charge in [0, 0.05) is 41.8 Å². The molecule has 7 heteroatoms. The Hall–Kier alpha value is -0.240. The highest BCUT2D eigenvalue weighted by Gasteiger charge is 2.36. The summed E-state index contributed by atoms with van der Waals surface area (Å²) >= 11 is 12.6. The average molecular weight is 512 g/mol. The van der Waals surface area contributed by atoms with E-state index in [1.54, 1.807) is 0 Å². The average Bonchev–Trinajstić information content (AvgIpc) is 3.42. The van der Waals surface area contributed by atoms with Gasteiger partial charge in [-0.05, 0) is 56.2 Å². The highest BCUT2D eigenvalue weighted by molar-refractivity contribution is 14.0. The Kier molecular flexibility index (Phi) is 8.77. The Balaban J connectivity index is 0.00000243. The normalized spacial score (nSPS) is 19.6. The molecular formula is C19H28Cl2IN3O. The Morgan fingerprint density at radius 2 is 1.96 bits per heavy atom. The molecule has 1 aliphatic carbocycles. The van der Waals surface area contributed by atoms with Crippen molar-refractivity contribution in [3.05, 3.63) is 33.8 Å². The van der Waals surface area contributed by atoms with E-state index in [0.29, 0.717) is 11.6 Å². The summed E-state index contributed by atoms with van der Waals surface area (Å²) < 4.78 is 5.60. The van der Waals surface area contributed by atoms with Gasteiger partial charge in [0.05, 0.1) is 6.54 Å². The van der Waals surface area contributed by atoms with Crippen LogP contribution in [0.3, 0.4) is 0 Å². The van der Waals surface area contributed by atoms with E-state index in [-0.39, 0.29) is 29.4 Å². The summed E-state index contributed by atoms with van der Waals surface area (Å²) in [6, 6.07) is 5.80. The molecule has 1 aliphatic heterocycles. The number of aliphatic imine (C=N–C) groups is 1. The van der Waals surface area contributed by atoms with E-state index in [9.17, 15) is 0 Å². The predicted molar refractivity (Wildman–Crippen MR) is 120 cm³/mol. The molecule has 146 valence electrons. The number of nitrogens with one attached hydrogen (secondary N) is 2. The van der Waals surface area contributed by atoms with E-state index in [2.05, 4.69) is 23.6 Å². The summed E-state index contributed by atoms with van der Waals surface area (Å²) in [5.74, 6) is 1.71. The zero-order chi connectivity index (χ0) is 17.7. The van der Waals surface area contributed by atoms with Gasteiger partial charge in [-0.2, -0.15) is 0 Å². The molecule has 2 N–H and O–H groups in total. The molecule has 26 heavy (non-hydrogen) atoms. The van der Waals surface area contributed by atoms with Crippen LogP contribution in [0.15, 0.2) is 23.2 Å². The quantitative estimate of drug-likeness (QED) is 0.332. The fourth-order valence-electron chi connectivity index (χ4n) is 3.33. The molecule has 1 aromatic rings. The first-order valence-electron chi connectivity index (χ1n) is 9.18. The summed E-state index contributed by atoms with van der Waals surface area (Å²) in [6.45, 7) is 6.12. The highest BCUT2D eigenvalue weighted by Crippen LogP contribution is 2.40. The molecule has 0 aromatic heterocycles. The Morgan fingerprint density at radius 1 is 1.23 bits per heavy atom. The van der Waals surface area contributed by atoms with E-state index in [4.69, 9.17) is 32.9 Å². The van der Waals surface area contributed by atoms with Crippen LogP contribution in [0, 0.1) is 5.92 Å². The summed E-state index contributed by atoms with van der Waals surface area (Å²) in [5.41, 5.74) is 1.03. The van der Waals surface area contributed by atoms with E-state index < -0.39 is 0 Å². The number of rotatable bonds is 6. The second-order valence-electron chi connectivity index (χ2n) is 7.04. The van der Waals surface area contributed by atoms with Crippen molar-refractivity contribution in [2.45, 2.75) is 38.0 Å². The van der Waals surface area contributed by atoms with Gasteiger partial charge in [0.2, 0.25) is 0 Å². The standard InChI is InChI=1S/C19H27Cl2N3O.HI/c1-2-22-18(23-12-14-3-4-14)24-13-19(7-9-25-10-8-19)16-6-5-15(20)11-17(16)21;/h5-6,11,14H,2-4,7-10,12-13H2,1H3,(H2,22,23,24);1H. The van der Waals surface area contributed by atoms with Crippen LogP contribution in [0.25, 0.3) is 0 Å². The minimum Gasteiger partial charge on any atom is -0.381 e. The van der Waals surface area contributed by atoms with Gasteiger partial charge in [-0.15, -0.1) is 24.0 Å². The van der Waals surface area contributed by atoms with Crippen LogP contribution in [0.2, 0.25) is 10.0 Å². The Bertz CT molecular complexity index is 617. The van der Waals surface area contributed by atoms with Crippen LogP contribution < -0.4 is 10.6 Å². The van der Waals surface area contributed by atoms with Gasteiger partial charge in [-0.25, -0.2) is 0 Å². The molecule has 0 atom stereocenters. The van der Waals surface area contributed by atoms with Gasteiger partial charge in [0.1, 0.15) is 0 Å². The maximum atomic E-state index is 6.53. The Morgan fingerprint density at radius 3 is 2.58 bits per heavy atom. The van der Waals surface area contributed by atoms with Crippen molar-refractivity contribution in [2.75, 3.05) is 32.8 Å². The van der Waals surface area contributed by atoms with E-state index in [0.717, 1.165) is 61.6 Å². The zero-order valence-electron chi connectivity index (χ0n) is 15.2. The number of hydrogen-bond donors (Lipinski definition) is 2. The van der Waals surface area contributed by atoms with E-state index in [1.807, 2.05) is 12.1 Å². The highest BCUT2D eigenvalue weighted by atomic mass is 127. The Labute approximate surface area is 183 Å². The van der Waals surface area contributed by atoms with Crippen molar-refractivity contribution in [3.8, 4) is 0 Å². The maximum absolute atomic E-state index is 6.53. The largest absolute Gasteiger partial charge is 0.381 e. The number of nitrogens with zero attached hydrogens (tertiary/aromatic N) is 1. The van der Waals surface area contributed by atoms with Crippen molar-refractivity contribution in [1.82, 2.24) is 10.6 Å². The number of ether oxygens (including phenoxy) is 1. The second-order valence-corrected chi connectivity index (χ2v) is 7.88. The third-order valence-electron chi connectivity index (χ3n) is 5.09. The first-order valence-corrected chi connectivity index (χ1v) is 9.94. The molecule has 2 fully saturated rings. The van der Waals surface area contributed by atoms with E-state index >= 15 is 0 Å². The lowest BCUT2D eigenvalue weighted by Gasteiger charge is -2.37. The fraction of sp³-hybridized carbons (Fsp3) is 0.632. The van der Waals surface area contributed by atoms with Gasteiger partial charge in [0.25, 0.3) is 0 Å². The first-order chi connectivity index (χ1) is 12.1. The molecule has 1 aromatic carbocycles. The van der Waals surface area contributed by atoms with Crippen molar-refractivity contribution >= 4 is 53.1 Å². The summed E-state index contributed by atoms with van der Waals surface area (Å²) in [5, 5.41) is 8.21. The zero-order valence-corrected chi connectivity index (χ0v) is 19.0. The van der Waals surface area contributed by atoms with E-state index in [1.165, 1.54) is 12.8 Å². The molecule has 0 radical (unpaired) electrons. The summed E-state index contributed by atoms with van der Waals surface area (Å²) in [4.78, 5) is 4.90. The lowest BCUT2D eigenvalue weighted by molar-refractivity contribution is 0.0531. The molecule has 1 heterocycles. The van der Waals surface area contributed by atoms with Gasteiger partial charge in [-0.1, -0.05) is 29.3 Å². The summed E-state index contributed by atoms with van der Waals surface area (Å²) in [7, 11) is 0. The number of guanidine groups is 1. The van der Waals surface area contributed by atoms with Crippen molar-refractivity contribution < 1.29 is 4.74 Å². The smallest absolute Gasteiger partial charge is 0.191 e. The number of benzene rings is 1. The fourth-order valence-corrected chi connectivity index (χ4v) is 3.94. The molecule has 1 saturated carbocycles. The van der Waals surface area contributed by atoms with Crippen LogP contribution in [0.5, 0.6) is 0 Å². The maximum Gasteiger partial charge on any atom is 0.191 e. The van der Waals surface area contributed by atoms with Crippen molar-refractivity contribution in [2.24, 2.45) is 10.9 Å².